The van der Waals surface area contributed by atoms with Gasteiger partial charge in [-0.2, -0.15) is 0 Å². The fourth-order valence-corrected chi connectivity index (χ4v) is 0.877. The molecular formula is C8H10N2O. The highest BCUT2D eigenvalue weighted by Gasteiger charge is 1.92. The van der Waals surface area contributed by atoms with Gasteiger partial charge < -0.3 is 4.98 Å². The molecule has 0 saturated carbocycles. The third kappa shape index (κ3) is 2.01. The van der Waals surface area contributed by atoms with Crippen LogP contribution in [-0.4, -0.2) is 9.55 Å². The van der Waals surface area contributed by atoms with Gasteiger partial charge in [0.1, 0.15) is 0 Å². The van der Waals surface area contributed by atoms with Crippen molar-refractivity contribution < 1.29 is 0 Å². The van der Waals surface area contributed by atoms with E-state index in [0.29, 0.717) is 6.54 Å². The first-order valence-electron chi connectivity index (χ1n) is 3.52. The maximum absolute atomic E-state index is 10.9. The Morgan fingerprint density at radius 2 is 2.55 bits per heavy atom. The lowest BCUT2D eigenvalue weighted by atomic mass is 10.3. The zero-order chi connectivity index (χ0) is 8.10. The van der Waals surface area contributed by atoms with Crippen molar-refractivity contribution in [2.45, 2.75) is 19.4 Å². The molecule has 1 aromatic rings. The van der Waals surface area contributed by atoms with Gasteiger partial charge in [-0.3, -0.25) is 4.57 Å². The maximum atomic E-state index is 10.9. The molecule has 0 fully saturated rings. The van der Waals surface area contributed by atoms with Crippen LogP contribution >= 0.6 is 0 Å². The Morgan fingerprint density at radius 1 is 1.73 bits per heavy atom. The standard InChI is InChI=1S/C8H10N2O/c1-2-3-4-6-10-7-5-9-8(10)11/h1,5,7H,3-4,6H2,(H,9,11). The van der Waals surface area contributed by atoms with Gasteiger partial charge in [0.25, 0.3) is 0 Å². The minimum atomic E-state index is -0.0676. The van der Waals surface area contributed by atoms with Crippen LogP contribution in [0.1, 0.15) is 12.8 Å². The normalized spacial score (nSPS) is 9.36. The van der Waals surface area contributed by atoms with Crippen LogP contribution in [0.15, 0.2) is 17.2 Å². The minimum Gasteiger partial charge on any atom is -0.313 e. The van der Waals surface area contributed by atoms with E-state index in [4.69, 9.17) is 6.42 Å². The van der Waals surface area contributed by atoms with E-state index in [1.165, 1.54) is 0 Å². The number of terminal acetylenes is 1. The van der Waals surface area contributed by atoms with Gasteiger partial charge >= 0.3 is 5.69 Å². The van der Waals surface area contributed by atoms with E-state index in [2.05, 4.69) is 10.9 Å². The third-order valence-corrected chi connectivity index (χ3v) is 1.44. The van der Waals surface area contributed by atoms with E-state index >= 15 is 0 Å². The highest BCUT2D eigenvalue weighted by molar-refractivity contribution is 4.83. The zero-order valence-electron chi connectivity index (χ0n) is 6.21. The Hall–Kier alpha value is -1.43. The largest absolute Gasteiger partial charge is 0.325 e. The second-order valence-corrected chi connectivity index (χ2v) is 2.27. The molecule has 1 N–H and O–H groups in total. The molecule has 0 aliphatic rings. The number of nitrogens with one attached hydrogen (secondary N) is 1. The lowest BCUT2D eigenvalue weighted by molar-refractivity contribution is 0.635. The zero-order valence-corrected chi connectivity index (χ0v) is 6.21. The summed E-state index contributed by atoms with van der Waals surface area (Å²) in [5.41, 5.74) is -0.0676. The van der Waals surface area contributed by atoms with Crippen LogP contribution in [0.2, 0.25) is 0 Å². The summed E-state index contributed by atoms with van der Waals surface area (Å²) in [5, 5.41) is 0. The number of aromatic amines is 1. The van der Waals surface area contributed by atoms with E-state index in [-0.39, 0.29) is 5.69 Å². The molecule has 11 heavy (non-hydrogen) atoms. The molecule has 58 valence electrons. The maximum Gasteiger partial charge on any atom is 0.325 e. The average molecular weight is 150 g/mol. The number of imidazole rings is 1. The van der Waals surface area contributed by atoms with Crippen molar-refractivity contribution in [2.75, 3.05) is 0 Å². The summed E-state index contributed by atoms with van der Waals surface area (Å²) >= 11 is 0. The van der Waals surface area contributed by atoms with Crippen molar-refractivity contribution in [3.63, 3.8) is 0 Å². The van der Waals surface area contributed by atoms with Crippen LogP contribution in [-0.2, 0) is 6.54 Å². The third-order valence-electron chi connectivity index (χ3n) is 1.44. The van der Waals surface area contributed by atoms with E-state index in [1.54, 1.807) is 17.0 Å². The van der Waals surface area contributed by atoms with Crippen molar-refractivity contribution in [1.82, 2.24) is 9.55 Å². The van der Waals surface area contributed by atoms with E-state index in [9.17, 15) is 4.79 Å². The summed E-state index contributed by atoms with van der Waals surface area (Å²) in [6.45, 7) is 0.701. The first-order valence-corrected chi connectivity index (χ1v) is 3.52. The van der Waals surface area contributed by atoms with Crippen LogP contribution < -0.4 is 5.69 Å². The SMILES string of the molecule is C#CCCCn1cc[nH]c1=O. The van der Waals surface area contributed by atoms with Crippen LogP contribution in [0, 0.1) is 12.3 Å². The number of rotatable bonds is 3. The first-order chi connectivity index (χ1) is 5.34. The van der Waals surface area contributed by atoms with E-state index in [0.717, 1.165) is 12.8 Å². The molecule has 1 rings (SSSR count). The molecule has 0 spiro atoms. The first kappa shape index (κ1) is 7.67. The lowest BCUT2D eigenvalue weighted by Gasteiger charge is -1.95. The molecule has 0 saturated heterocycles. The Balaban J connectivity index is 2.46. The molecule has 0 radical (unpaired) electrons. The van der Waals surface area contributed by atoms with Crippen molar-refractivity contribution in [3.8, 4) is 12.3 Å². The van der Waals surface area contributed by atoms with E-state index in [1.807, 2.05) is 0 Å². The molecule has 0 amide bonds. The van der Waals surface area contributed by atoms with Gasteiger partial charge in [0.15, 0.2) is 0 Å². The number of unbranched alkanes of at least 4 members (excludes halogenated alkanes) is 1. The van der Waals surface area contributed by atoms with Gasteiger partial charge in [-0.25, -0.2) is 4.79 Å². The molecule has 0 aliphatic carbocycles. The van der Waals surface area contributed by atoms with Crippen LogP contribution in [0.5, 0.6) is 0 Å². The lowest BCUT2D eigenvalue weighted by Crippen LogP contribution is -2.15. The number of nitrogens with zero attached hydrogens (tertiary/aromatic N) is 1. The molecule has 3 heteroatoms. The molecule has 1 heterocycles. The summed E-state index contributed by atoms with van der Waals surface area (Å²) in [4.78, 5) is 13.4. The van der Waals surface area contributed by atoms with Crippen molar-refractivity contribution in [3.05, 3.63) is 22.9 Å². The monoisotopic (exact) mass is 150 g/mol. The van der Waals surface area contributed by atoms with Gasteiger partial charge in [0.2, 0.25) is 0 Å². The predicted octanol–water partition coefficient (Wildman–Crippen LogP) is 0.590. The molecule has 0 aliphatic heterocycles. The molecule has 0 bridgehead atoms. The molecule has 1 aromatic heterocycles. The molecule has 0 aromatic carbocycles. The molecule has 0 atom stereocenters. The van der Waals surface area contributed by atoms with Crippen molar-refractivity contribution in [1.29, 1.82) is 0 Å². The summed E-state index contributed by atoms with van der Waals surface area (Å²) in [6.07, 6.45) is 9.98. The number of H-pyrrole nitrogens is 1. The van der Waals surface area contributed by atoms with Crippen molar-refractivity contribution >= 4 is 0 Å². The Kier molecular flexibility index (Phi) is 2.56. The van der Waals surface area contributed by atoms with Crippen LogP contribution in [0.3, 0.4) is 0 Å². The van der Waals surface area contributed by atoms with Gasteiger partial charge in [-0.1, -0.05) is 0 Å². The van der Waals surface area contributed by atoms with Crippen LogP contribution in [0.4, 0.5) is 0 Å². The van der Waals surface area contributed by atoms with Gasteiger partial charge in [0.05, 0.1) is 0 Å². The highest BCUT2D eigenvalue weighted by atomic mass is 16.1. The minimum absolute atomic E-state index is 0.0676. The number of aromatic nitrogens is 2. The Bertz CT molecular complexity index is 302. The second kappa shape index (κ2) is 3.67. The van der Waals surface area contributed by atoms with Crippen LogP contribution in [0.25, 0.3) is 0 Å². The fourth-order valence-electron chi connectivity index (χ4n) is 0.877. The average Bonchev–Trinajstić information content (AvgIpc) is 2.37. The highest BCUT2D eigenvalue weighted by Crippen LogP contribution is 1.89. The number of aryl methyl sites for hydroxylation is 1. The smallest absolute Gasteiger partial charge is 0.313 e. The van der Waals surface area contributed by atoms with Gasteiger partial charge in [-0.05, 0) is 6.42 Å². The molecule has 3 nitrogen and oxygen atoms in total. The summed E-state index contributed by atoms with van der Waals surface area (Å²) < 4.78 is 1.61. The summed E-state index contributed by atoms with van der Waals surface area (Å²) in [5.74, 6) is 2.52. The van der Waals surface area contributed by atoms with Gasteiger partial charge in [0, 0.05) is 25.4 Å². The van der Waals surface area contributed by atoms with Gasteiger partial charge in [-0.15, -0.1) is 12.3 Å². The van der Waals surface area contributed by atoms with E-state index < -0.39 is 0 Å². The molecular weight excluding hydrogens is 140 g/mol. The Labute approximate surface area is 65.1 Å². The quantitative estimate of drug-likeness (QED) is 0.497. The second-order valence-electron chi connectivity index (χ2n) is 2.27. The van der Waals surface area contributed by atoms with Crippen molar-refractivity contribution in [2.24, 2.45) is 0 Å². The number of hydrogen-bond acceptors (Lipinski definition) is 1. The predicted molar refractivity (Wildman–Crippen MR) is 43.1 cm³/mol. The summed E-state index contributed by atoms with van der Waals surface area (Å²) in [7, 11) is 0. The fraction of sp³-hybridized carbons (Fsp3) is 0.375. The Morgan fingerprint density at radius 3 is 3.09 bits per heavy atom. The molecule has 0 unspecified atom stereocenters. The number of hydrogen-bond donors (Lipinski definition) is 1. The summed E-state index contributed by atoms with van der Waals surface area (Å²) in [6, 6.07) is 0. The topological polar surface area (TPSA) is 37.8 Å².